The van der Waals surface area contributed by atoms with Crippen LogP contribution in [0.4, 0.5) is 19.0 Å². The smallest absolute Gasteiger partial charge is 0.433 e. The van der Waals surface area contributed by atoms with E-state index in [-0.39, 0.29) is 11.6 Å². The van der Waals surface area contributed by atoms with Crippen LogP contribution in [0.1, 0.15) is 11.3 Å². The molecule has 2 N–H and O–H groups in total. The molecular formula is C13H11ClF3N3O. The molecule has 1 heterocycles. The molecule has 0 aliphatic rings. The van der Waals surface area contributed by atoms with Crippen molar-refractivity contribution < 1.29 is 18.3 Å². The van der Waals surface area contributed by atoms with Crippen molar-refractivity contribution in [2.75, 3.05) is 11.9 Å². The maximum atomic E-state index is 12.6. The molecule has 0 bridgehead atoms. The summed E-state index contributed by atoms with van der Waals surface area (Å²) in [6, 6.07) is 7.34. The fraction of sp³-hybridized carbons (Fsp3) is 0.231. The molecule has 0 aliphatic heterocycles. The molecule has 0 aliphatic carbocycles. The highest BCUT2D eigenvalue weighted by molar-refractivity contribution is 6.28. The molecule has 0 radical (unpaired) electrons. The first-order chi connectivity index (χ1) is 9.84. The van der Waals surface area contributed by atoms with Crippen molar-refractivity contribution in [1.82, 2.24) is 9.97 Å². The van der Waals surface area contributed by atoms with Gasteiger partial charge in [0.15, 0.2) is 5.69 Å². The summed E-state index contributed by atoms with van der Waals surface area (Å²) in [5.41, 5.74) is -0.161. The molecule has 21 heavy (non-hydrogen) atoms. The summed E-state index contributed by atoms with van der Waals surface area (Å²) < 4.78 is 37.7. The van der Waals surface area contributed by atoms with Gasteiger partial charge in [-0.1, -0.05) is 12.1 Å². The lowest BCUT2D eigenvalue weighted by molar-refractivity contribution is -0.141. The molecular weight excluding hydrogens is 307 g/mol. The summed E-state index contributed by atoms with van der Waals surface area (Å²) in [6.07, 6.45) is -4.01. The molecule has 0 fully saturated rings. The second-order valence-corrected chi connectivity index (χ2v) is 4.59. The fourth-order valence-electron chi connectivity index (χ4n) is 1.65. The molecule has 112 valence electrons. The molecule has 2 aromatic rings. The Kier molecular flexibility index (Phi) is 4.52. The van der Waals surface area contributed by atoms with Gasteiger partial charge in [-0.15, -0.1) is 0 Å². The van der Waals surface area contributed by atoms with Gasteiger partial charge in [0.2, 0.25) is 5.28 Å². The zero-order valence-corrected chi connectivity index (χ0v) is 11.4. The van der Waals surface area contributed by atoms with Gasteiger partial charge < -0.3 is 10.4 Å². The zero-order valence-electron chi connectivity index (χ0n) is 10.7. The van der Waals surface area contributed by atoms with Gasteiger partial charge >= 0.3 is 6.18 Å². The van der Waals surface area contributed by atoms with E-state index in [0.29, 0.717) is 13.0 Å². The van der Waals surface area contributed by atoms with Gasteiger partial charge in [0.25, 0.3) is 0 Å². The lowest BCUT2D eigenvalue weighted by Crippen LogP contribution is -2.12. The quantitative estimate of drug-likeness (QED) is 0.847. The Morgan fingerprint density at radius 2 is 1.81 bits per heavy atom. The third kappa shape index (κ3) is 4.49. The van der Waals surface area contributed by atoms with Gasteiger partial charge in [-0.2, -0.15) is 13.2 Å². The summed E-state index contributed by atoms with van der Waals surface area (Å²) in [4.78, 5) is 6.84. The topological polar surface area (TPSA) is 58.0 Å². The minimum absolute atomic E-state index is 0.0149. The van der Waals surface area contributed by atoms with E-state index in [1.54, 1.807) is 24.3 Å². The molecule has 0 spiro atoms. The first kappa shape index (κ1) is 15.4. The molecule has 0 saturated heterocycles. The fourth-order valence-corrected chi connectivity index (χ4v) is 1.83. The van der Waals surface area contributed by atoms with Crippen LogP contribution in [-0.4, -0.2) is 21.6 Å². The molecule has 1 aromatic carbocycles. The Morgan fingerprint density at radius 3 is 2.43 bits per heavy atom. The Hall–Kier alpha value is -2.02. The highest BCUT2D eigenvalue weighted by Crippen LogP contribution is 2.29. The molecule has 0 atom stereocenters. The number of phenols is 1. The maximum absolute atomic E-state index is 12.6. The summed E-state index contributed by atoms with van der Waals surface area (Å²) >= 11 is 5.48. The number of alkyl halides is 3. The Bertz CT molecular complexity index is 617. The van der Waals surface area contributed by atoms with Crippen LogP contribution in [0.15, 0.2) is 30.3 Å². The highest BCUT2D eigenvalue weighted by atomic mass is 35.5. The number of nitrogens with one attached hydrogen (secondary N) is 1. The number of halogens is 4. The van der Waals surface area contributed by atoms with E-state index in [4.69, 9.17) is 16.7 Å². The molecule has 1 aromatic heterocycles. The van der Waals surface area contributed by atoms with E-state index in [0.717, 1.165) is 11.6 Å². The van der Waals surface area contributed by atoms with Gasteiger partial charge in [-0.25, -0.2) is 9.97 Å². The molecule has 8 heteroatoms. The van der Waals surface area contributed by atoms with E-state index in [1.165, 1.54) is 0 Å². The van der Waals surface area contributed by atoms with Crippen LogP contribution < -0.4 is 5.32 Å². The predicted molar refractivity (Wildman–Crippen MR) is 72.3 cm³/mol. The number of hydrogen-bond acceptors (Lipinski definition) is 4. The number of benzene rings is 1. The van der Waals surface area contributed by atoms with Crippen molar-refractivity contribution in [3.8, 4) is 5.75 Å². The molecule has 2 rings (SSSR count). The van der Waals surface area contributed by atoms with E-state index in [2.05, 4.69) is 15.3 Å². The first-order valence-corrected chi connectivity index (χ1v) is 6.36. The average Bonchev–Trinajstić information content (AvgIpc) is 2.39. The van der Waals surface area contributed by atoms with Crippen LogP contribution in [0.25, 0.3) is 0 Å². The minimum atomic E-state index is -4.57. The van der Waals surface area contributed by atoms with Crippen LogP contribution in [0.2, 0.25) is 5.28 Å². The number of rotatable bonds is 4. The molecule has 0 saturated carbocycles. The predicted octanol–water partition coefficient (Wildman–Crippen LogP) is 3.51. The Labute approximate surface area is 123 Å². The number of anilines is 1. The normalized spacial score (nSPS) is 11.4. The second-order valence-electron chi connectivity index (χ2n) is 4.25. The van der Waals surface area contributed by atoms with Crippen molar-refractivity contribution in [2.24, 2.45) is 0 Å². The molecule has 4 nitrogen and oxygen atoms in total. The SMILES string of the molecule is Oc1ccc(CCNc2cc(C(F)(F)F)nc(Cl)n2)cc1. The van der Waals surface area contributed by atoms with Crippen LogP contribution in [0, 0.1) is 0 Å². The van der Waals surface area contributed by atoms with E-state index < -0.39 is 17.2 Å². The van der Waals surface area contributed by atoms with Crippen LogP contribution in [0.3, 0.4) is 0 Å². The lowest BCUT2D eigenvalue weighted by atomic mass is 10.1. The van der Waals surface area contributed by atoms with Gasteiger partial charge in [0.05, 0.1) is 0 Å². The van der Waals surface area contributed by atoms with E-state index >= 15 is 0 Å². The number of aromatic nitrogens is 2. The van der Waals surface area contributed by atoms with Gasteiger partial charge in [0.1, 0.15) is 11.6 Å². The van der Waals surface area contributed by atoms with Crippen molar-refractivity contribution in [1.29, 1.82) is 0 Å². The maximum Gasteiger partial charge on any atom is 0.433 e. The van der Waals surface area contributed by atoms with Crippen molar-refractivity contribution in [3.63, 3.8) is 0 Å². The van der Waals surface area contributed by atoms with Crippen molar-refractivity contribution in [3.05, 3.63) is 46.9 Å². The van der Waals surface area contributed by atoms with E-state index in [1.807, 2.05) is 0 Å². The van der Waals surface area contributed by atoms with E-state index in [9.17, 15) is 13.2 Å². The summed E-state index contributed by atoms with van der Waals surface area (Å²) in [5, 5.41) is 11.4. The Morgan fingerprint density at radius 1 is 1.14 bits per heavy atom. The van der Waals surface area contributed by atoms with Crippen LogP contribution >= 0.6 is 11.6 Å². The van der Waals surface area contributed by atoms with Gasteiger partial charge in [0, 0.05) is 12.6 Å². The summed E-state index contributed by atoms with van der Waals surface area (Å²) in [6.45, 7) is 0.370. The standard InChI is InChI=1S/C13H11ClF3N3O/c14-12-19-10(13(15,16)17)7-11(20-12)18-6-5-8-1-3-9(21)4-2-8/h1-4,7,21H,5-6H2,(H,18,19,20). The summed E-state index contributed by atoms with van der Waals surface area (Å²) in [7, 11) is 0. The van der Waals surface area contributed by atoms with Crippen molar-refractivity contribution >= 4 is 17.4 Å². The average molecular weight is 318 g/mol. The second kappa shape index (κ2) is 6.17. The largest absolute Gasteiger partial charge is 0.508 e. The van der Waals surface area contributed by atoms with Crippen LogP contribution in [0.5, 0.6) is 5.75 Å². The first-order valence-electron chi connectivity index (χ1n) is 5.98. The van der Waals surface area contributed by atoms with Crippen molar-refractivity contribution in [2.45, 2.75) is 12.6 Å². The third-order valence-corrected chi connectivity index (χ3v) is 2.81. The number of hydrogen-bond donors (Lipinski definition) is 2. The number of phenolic OH excluding ortho intramolecular Hbond substituents is 1. The lowest BCUT2D eigenvalue weighted by Gasteiger charge is -2.10. The van der Waals surface area contributed by atoms with Gasteiger partial charge in [-0.05, 0) is 35.7 Å². The zero-order chi connectivity index (χ0) is 15.5. The highest BCUT2D eigenvalue weighted by Gasteiger charge is 2.33. The number of aromatic hydroxyl groups is 1. The molecule has 0 amide bonds. The third-order valence-electron chi connectivity index (χ3n) is 2.65. The molecule has 0 unspecified atom stereocenters. The summed E-state index contributed by atoms with van der Waals surface area (Å²) in [5.74, 6) is 0.171. The minimum Gasteiger partial charge on any atom is -0.508 e. The monoisotopic (exact) mass is 317 g/mol. The van der Waals surface area contributed by atoms with Gasteiger partial charge in [-0.3, -0.25) is 0 Å². The Balaban J connectivity index is 2.00. The number of nitrogens with zero attached hydrogens (tertiary/aromatic N) is 2. The van der Waals surface area contributed by atoms with Crippen LogP contribution in [-0.2, 0) is 12.6 Å².